The monoisotopic (exact) mass is 295 g/mol. The van der Waals surface area contributed by atoms with Crippen LogP contribution in [-0.2, 0) is 9.47 Å². The van der Waals surface area contributed by atoms with Crippen LogP contribution < -0.4 is 5.11 Å². The van der Waals surface area contributed by atoms with E-state index in [2.05, 4.69) is 20.4 Å². The van der Waals surface area contributed by atoms with Crippen LogP contribution in [-0.4, -0.2) is 36.3 Å². The highest BCUT2D eigenvalue weighted by Crippen LogP contribution is 2.50. The zero-order chi connectivity index (χ0) is 15.8. The molecule has 1 saturated heterocycles. The van der Waals surface area contributed by atoms with Crippen LogP contribution in [0.5, 0.6) is 0 Å². The van der Waals surface area contributed by atoms with Gasteiger partial charge in [0.15, 0.2) is 6.29 Å². The van der Waals surface area contributed by atoms with Crippen LogP contribution in [0.4, 0.5) is 0 Å². The summed E-state index contributed by atoms with van der Waals surface area (Å²) < 4.78 is 11.6. The quantitative estimate of drug-likeness (QED) is 0.806. The smallest absolute Gasteiger partial charge is 0.177 e. The summed E-state index contributed by atoms with van der Waals surface area (Å²) >= 11 is 0. The highest BCUT2D eigenvalue weighted by Gasteiger charge is 2.50. The Morgan fingerprint density at radius 1 is 1.48 bits per heavy atom. The maximum atomic E-state index is 11.6. The highest BCUT2D eigenvalue weighted by atomic mass is 16.7. The lowest BCUT2D eigenvalue weighted by Crippen LogP contribution is -2.57. The third kappa shape index (κ3) is 2.70. The fourth-order valence-corrected chi connectivity index (χ4v) is 3.60. The molecule has 0 amide bonds. The van der Waals surface area contributed by atoms with Gasteiger partial charge >= 0.3 is 0 Å². The molecule has 2 rings (SSSR count). The number of hydrogen-bond donors (Lipinski definition) is 1. The predicted octanol–water partition coefficient (Wildman–Crippen LogP) is 1.78. The van der Waals surface area contributed by atoms with Gasteiger partial charge in [0.1, 0.15) is 0 Å². The lowest BCUT2D eigenvalue weighted by atomic mass is 9.60. The van der Waals surface area contributed by atoms with Crippen molar-refractivity contribution in [2.45, 2.75) is 58.5 Å². The molecule has 4 heteroatoms. The van der Waals surface area contributed by atoms with Crippen molar-refractivity contribution in [1.82, 2.24) is 0 Å². The third-order valence-corrected chi connectivity index (χ3v) is 5.25. The Hall–Kier alpha value is -0.680. The van der Waals surface area contributed by atoms with Gasteiger partial charge in [-0.3, -0.25) is 0 Å². The van der Waals surface area contributed by atoms with Gasteiger partial charge in [-0.15, -0.1) is 6.61 Å². The van der Waals surface area contributed by atoms with Crippen molar-refractivity contribution in [3.05, 3.63) is 23.8 Å². The first-order chi connectivity index (χ1) is 9.76. The minimum absolute atomic E-state index is 0.143. The maximum absolute atomic E-state index is 11.6. The van der Waals surface area contributed by atoms with Crippen molar-refractivity contribution < 1.29 is 19.7 Å². The van der Waals surface area contributed by atoms with Gasteiger partial charge in [-0.25, -0.2) is 0 Å². The van der Waals surface area contributed by atoms with Crippen molar-refractivity contribution in [1.29, 1.82) is 0 Å². The fourth-order valence-electron chi connectivity index (χ4n) is 3.60. The Kier molecular flexibility index (Phi) is 4.64. The number of rotatable bonds is 3. The minimum Gasteiger partial charge on any atom is -0.852 e. The van der Waals surface area contributed by atoms with E-state index >= 15 is 0 Å². The van der Waals surface area contributed by atoms with Crippen molar-refractivity contribution in [2.75, 3.05) is 13.2 Å². The normalized spacial score (nSPS) is 40.2. The number of ether oxygens (including phenoxy) is 2. The molecule has 21 heavy (non-hydrogen) atoms. The third-order valence-electron chi connectivity index (χ3n) is 5.25. The Balaban J connectivity index is 2.41. The topological polar surface area (TPSA) is 61.8 Å². The first kappa shape index (κ1) is 16.7. The molecule has 0 aromatic rings. The Morgan fingerprint density at radius 3 is 2.71 bits per heavy atom. The molecule has 2 aliphatic rings. The average Bonchev–Trinajstić information content (AvgIpc) is 2.45. The minimum atomic E-state index is -1.22. The zero-order valence-corrected chi connectivity index (χ0v) is 13.5. The van der Waals surface area contributed by atoms with E-state index in [0.29, 0.717) is 13.0 Å². The van der Waals surface area contributed by atoms with E-state index in [0.717, 1.165) is 12.0 Å². The average molecular weight is 295 g/mol. The van der Waals surface area contributed by atoms with Gasteiger partial charge in [0.05, 0.1) is 18.3 Å². The summed E-state index contributed by atoms with van der Waals surface area (Å²) in [6.07, 6.45) is 2.33. The molecule has 4 nitrogen and oxygen atoms in total. The molecule has 1 aliphatic carbocycles. The largest absolute Gasteiger partial charge is 0.852 e. The summed E-state index contributed by atoms with van der Waals surface area (Å²) in [5, 5.41) is 22.4. The molecule has 0 spiro atoms. The molecule has 1 N–H and O–H groups in total. The van der Waals surface area contributed by atoms with Gasteiger partial charge in [0, 0.05) is 11.3 Å². The molecule has 0 saturated carbocycles. The van der Waals surface area contributed by atoms with Gasteiger partial charge in [-0.1, -0.05) is 32.9 Å². The fraction of sp³-hybridized carbons (Fsp3) is 0.765. The van der Waals surface area contributed by atoms with E-state index < -0.39 is 23.9 Å². The highest BCUT2D eigenvalue weighted by molar-refractivity contribution is 5.32. The molecule has 1 heterocycles. The molecule has 1 unspecified atom stereocenters. The number of aliphatic hydroxyl groups is 1. The van der Waals surface area contributed by atoms with Crippen molar-refractivity contribution >= 4 is 0 Å². The van der Waals surface area contributed by atoms with Crippen LogP contribution in [0, 0.1) is 11.3 Å². The molecular formula is C17H27O4-. The van der Waals surface area contributed by atoms with Gasteiger partial charge in [-0.05, 0) is 31.4 Å². The van der Waals surface area contributed by atoms with Crippen LogP contribution in [0.3, 0.4) is 0 Å². The maximum Gasteiger partial charge on any atom is 0.177 e. The van der Waals surface area contributed by atoms with Gasteiger partial charge < -0.3 is 19.7 Å². The number of hydrogen-bond acceptors (Lipinski definition) is 4. The molecule has 0 aromatic carbocycles. The summed E-state index contributed by atoms with van der Waals surface area (Å²) in [4.78, 5) is 0. The molecule has 1 aliphatic heterocycles. The summed E-state index contributed by atoms with van der Waals surface area (Å²) in [5.41, 5.74) is 0.473. The molecule has 1 fully saturated rings. The molecule has 0 aromatic heterocycles. The van der Waals surface area contributed by atoms with Gasteiger partial charge in [-0.2, -0.15) is 0 Å². The summed E-state index contributed by atoms with van der Waals surface area (Å²) in [6, 6.07) is 0. The first-order valence-corrected chi connectivity index (χ1v) is 7.67. The summed E-state index contributed by atoms with van der Waals surface area (Å²) in [7, 11) is 0. The van der Waals surface area contributed by atoms with E-state index in [1.807, 2.05) is 13.8 Å². The van der Waals surface area contributed by atoms with E-state index in [1.54, 1.807) is 6.08 Å². The van der Waals surface area contributed by atoms with Crippen LogP contribution in [0.15, 0.2) is 23.8 Å². The molecule has 0 radical (unpaired) electrons. The molecule has 120 valence electrons. The number of allylic oxidation sites excluding steroid dienone is 1. The standard InChI is InChI=1S/C17H27O4/c1-6-13-20-9-12(3)15(21-13)14-11(2)7-8-17(19,10-18)16(14,4)5/h6,12-13,15,19H,1,7-10H2,2-5H3/q-1/t12?,13-,15-,17+/m0/s1. The Morgan fingerprint density at radius 2 is 2.14 bits per heavy atom. The van der Waals surface area contributed by atoms with E-state index in [9.17, 15) is 10.2 Å². The van der Waals surface area contributed by atoms with Crippen molar-refractivity contribution in [3.8, 4) is 0 Å². The van der Waals surface area contributed by atoms with Crippen molar-refractivity contribution in [3.63, 3.8) is 0 Å². The summed E-state index contributed by atoms with van der Waals surface area (Å²) in [5.74, 6) is 0.180. The van der Waals surface area contributed by atoms with Gasteiger partial charge in [0.25, 0.3) is 0 Å². The van der Waals surface area contributed by atoms with Gasteiger partial charge in [0.2, 0.25) is 0 Å². The second-order valence-electron chi connectivity index (χ2n) is 6.97. The lowest BCUT2D eigenvalue weighted by Gasteiger charge is -2.53. The van der Waals surface area contributed by atoms with Crippen LogP contribution in [0.25, 0.3) is 0 Å². The Bertz CT molecular complexity index is 440. The van der Waals surface area contributed by atoms with E-state index in [4.69, 9.17) is 9.47 Å². The second kappa shape index (κ2) is 5.84. The predicted molar refractivity (Wildman–Crippen MR) is 79.5 cm³/mol. The van der Waals surface area contributed by atoms with Crippen LogP contribution in [0.2, 0.25) is 0 Å². The first-order valence-electron chi connectivity index (χ1n) is 7.67. The van der Waals surface area contributed by atoms with Crippen LogP contribution >= 0.6 is 0 Å². The Labute approximate surface area is 127 Å². The van der Waals surface area contributed by atoms with E-state index in [-0.39, 0.29) is 12.0 Å². The van der Waals surface area contributed by atoms with Crippen molar-refractivity contribution in [2.24, 2.45) is 11.3 Å². The second-order valence-corrected chi connectivity index (χ2v) is 6.97. The molecular weight excluding hydrogens is 268 g/mol. The zero-order valence-electron chi connectivity index (χ0n) is 13.5. The lowest BCUT2D eigenvalue weighted by molar-refractivity contribution is -0.410. The molecule has 0 bridgehead atoms. The van der Waals surface area contributed by atoms with Crippen LogP contribution in [0.1, 0.15) is 40.5 Å². The SMILES string of the molecule is C=C[C@H]1OCC(C)[C@@H](C2=C(C)CC[C@@](O)(C[O-])C2(C)C)O1. The molecule has 4 atom stereocenters. The summed E-state index contributed by atoms with van der Waals surface area (Å²) in [6.45, 7) is 11.9. The van der Waals surface area contributed by atoms with E-state index in [1.165, 1.54) is 5.57 Å².